The van der Waals surface area contributed by atoms with Crippen molar-refractivity contribution in [1.29, 1.82) is 0 Å². The zero-order valence-electron chi connectivity index (χ0n) is 13.5. The van der Waals surface area contributed by atoms with E-state index in [4.69, 9.17) is 4.74 Å². The minimum absolute atomic E-state index is 0.0454. The molecule has 25 heavy (non-hydrogen) atoms. The number of sulfonamides is 1. The van der Waals surface area contributed by atoms with Gasteiger partial charge in [-0.1, -0.05) is 58.4 Å². The topological polar surface area (TPSA) is 55.4 Å². The van der Waals surface area contributed by atoms with Gasteiger partial charge in [0.15, 0.2) is 0 Å². The van der Waals surface area contributed by atoms with Crippen molar-refractivity contribution >= 4 is 36.7 Å². The second kappa shape index (κ2) is 7.99. The van der Waals surface area contributed by atoms with Gasteiger partial charge in [0.05, 0.1) is 5.75 Å². The van der Waals surface area contributed by atoms with E-state index in [1.54, 1.807) is 12.1 Å². The van der Waals surface area contributed by atoms with Gasteiger partial charge < -0.3 is 4.74 Å². The molecule has 0 fully saturated rings. The van der Waals surface area contributed by atoms with Crippen molar-refractivity contribution in [3.05, 3.63) is 76.8 Å². The standard InChI is InChI=1S/C19H18BrNO3S/c20-18-8-5-15(6-9-18)14-25(22,23)21-11-12-24-19-10-7-16-3-1-2-4-17(16)13-19/h1-10,13,21H,11-12,14H2. The summed E-state index contributed by atoms with van der Waals surface area (Å²) in [4.78, 5) is 0. The SMILES string of the molecule is O=S(=O)(Cc1ccc(Br)cc1)NCCOc1ccc2ccccc2c1. The lowest BCUT2D eigenvalue weighted by Crippen LogP contribution is -2.29. The first-order valence-electron chi connectivity index (χ1n) is 7.85. The molecule has 0 atom stereocenters. The Balaban J connectivity index is 1.50. The van der Waals surface area contributed by atoms with Crippen molar-refractivity contribution in [2.24, 2.45) is 0 Å². The third-order valence-corrected chi connectivity index (χ3v) is 5.57. The van der Waals surface area contributed by atoms with Gasteiger partial charge >= 0.3 is 0 Å². The van der Waals surface area contributed by atoms with Gasteiger partial charge in [-0.25, -0.2) is 13.1 Å². The molecule has 0 aliphatic heterocycles. The quantitative estimate of drug-likeness (QED) is 0.586. The number of fused-ring (bicyclic) bond motifs is 1. The molecule has 6 heteroatoms. The number of benzene rings is 3. The molecule has 0 saturated heterocycles. The van der Waals surface area contributed by atoms with E-state index in [1.165, 1.54) is 0 Å². The summed E-state index contributed by atoms with van der Waals surface area (Å²) >= 11 is 3.33. The zero-order valence-corrected chi connectivity index (χ0v) is 15.9. The lowest BCUT2D eigenvalue weighted by atomic mass is 10.1. The maximum absolute atomic E-state index is 12.1. The molecule has 0 amide bonds. The van der Waals surface area contributed by atoms with Crippen LogP contribution in [0.3, 0.4) is 0 Å². The average Bonchev–Trinajstić information content (AvgIpc) is 2.60. The summed E-state index contributed by atoms with van der Waals surface area (Å²) in [5.74, 6) is 0.682. The molecule has 1 N–H and O–H groups in total. The minimum Gasteiger partial charge on any atom is -0.492 e. The molecule has 0 bridgehead atoms. The molecular formula is C19H18BrNO3S. The van der Waals surface area contributed by atoms with Crippen LogP contribution in [-0.4, -0.2) is 21.6 Å². The molecular weight excluding hydrogens is 402 g/mol. The summed E-state index contributed by atoms with van der Waals surface area (Å²) in [6.45, 7) is 0.504. The first-order valence-corrected chi connectivity index (χ1v) is 10.3. The first kappa shape index (κ1) is 17.9. The summed E-state index contributed by atoms with van der Waals surface area (Å²) in [6.07, 6.45) is 0. The lowest BCUT2D eigenvalue weighted by molar-refractivity contribution is 0.323. The van der Waals surface area contributed by atoms with Crippen molar-refractivity contribution in [3.8, 4) is 5.75 Å². The second-order valence-corrected chi connectivity index (χ2v) is 8.36. The van der Waals surface area contributed by atoms with E-state index in [-0.39, 0.29) is 18.9 Å². The van der Waals surface area contributed by atoms with Crippen LogP contribution >= 0.6 is 15.9 Å². The number of rotatable bonds is 7. The number of halogens is 1. The summed E-state index contributed by atoms with van der Waals surface area (Å²) < 4.78 is 33.3. The number of nitrogens with one attached hydrogen (secondary N) is 1. The van der Waals surface area contributed by atoms with Gasteiger partial charge in [0, 0.05) is 11.0 Å². The van der Waals surface area contributed by atoms with Crippen molar-refractivity contribution < 1.29 is 13.2 Å². The first-order chi connectivity index (χ1) is 12.0. The van der Waals surface area contributed by atoms with E-state index < -0.39 is 10.0 Å². The van der Waals surface area contributed by atoms with E-state index in [2.05, 4.69) is 20.7 Å². The third kappa shape index (κ3) is 5.29. The maximum Gasteiger partial charge on any atom is 0.215 e. The van der Waals surface area contributed by atoms with E-state index in [0.29, 0.717) is 0 Å². The molecule has 0 aliphatic carbocycles. The Hall–Kier alpha value is -1.89. The van der Waals surface area contributed by atoms with E-state index in [0.717, 1.165) is 26.6 Å². The molecule has 0 saturated carbocycles. The summed E-state index contributed by atoms with van der Waals surface area (Å²) in [5.41, 5.74) is 0.742. The Kier molecular flexibility index (Phi) is 5.73. The highest BCUT2D eigenvalue weighted by atomic mass is 79.9. The fourth-order valence-electron chi connectivity index (χ4n) is 2.47. The third-order valence-electron chi connectivity index (χ3n) is 3.68. The van der Waals surface area contributed by atoms with Crippen LogP contribution < -0.4 is 9.46 Å². The van der Waals surface area contributed by atoms with Crippen molar-refractivity contribution in [1.82, 2.24) is 4.72 Å². The Bertz CT molecular complexity index is 956. The number of hydrogen-bond donors (Lipinski definition) is 1. The molecule has 4 nitrogen and oxygen atoms in total. The van der Waals surface area contributed by atoms with Crippen LogP contribution in [-0.2, 0) is 15.8 Å². The normalized spacial score (nSPS) is 11.6. The molecule has 0 unspecified atom stereocenters. The summed E-state index contributed by atoms with van der Waals surface area (Å²) in [6, 6.07) is 21.1. The Morgan fingerprint density at radius 1 is 0.920 bits per heavy atom. The monoisotopic (exact) mass is 419 g/mol. The Morgan fingerprint density at radius 2 is 1.64 bits per heavy atom. The van der Waals surface area contributed by atoms with Gasteiger partial charge in [-0.15, -0.1) is 0 Å². The Morgan fingerprint density at radius 3 is 2.40 bits per heavy atom. The zero-order chi connectivity index (χ0) is 17.7. The van der Waals surface area contributed by atoms with Crippen LogP contribution in [0.15, 0.2) is 71.2 Å². The fourth-order valence-corrected chi connectivity index (χ4v) is 3.87. The van der Waals surface area contributed by atoms with Crippen LogP contribution in [0, 0.1) is 0 Å². The Labute approximate surface area is 156 Å². The van der Waals surface area contributed by atoms with Crippen molar-refractivity contribution in [2.45, 2.75) is 5.75 Å². The van der Waals surface area contributed by atoms with Crippen LogP contribution in [0.5, 0.6) is 5.75 Å². The van der Waals surface area contributed by atoms with E-state index >= 15 is 0 Å². The smallest absolute Gasteiger partial charge is 0.215 e. The minimum atomic E-state index is -3.38. The van der Waals surface area contributed by atoms with Gasteiger partial charge in [-0.05, 0) is 40.6 Å². The molecule has 0 aromatic heterocycles. The van der Waals surface area contributed by atoms with Gasteiger partial charge in [0.25, 0.3) is 0 Å². The second-order valence-electron chi connectivity index (χ2n) is 5.64. The van der Waals surface area contributed by atoms with Crippen molar-refractivity contribution in [3.63, 3.8) is 0 Å². The van der Waals surface area contributed by atoms with Crippen LogP contribution in [0.1, 0.15) is 5.56 Å². The predicted molar refractivity (Wildman–Crippen MR) is 104 cm³/mol. The molecule has 3 aromatic carbocycles. The summed E-state index contributed by atoms with van der Waals surface area (Å²) in [5, 5.41) is 2.24. The molecule has 3 rings (SSSR count). The number of hydrogen-bond acceptors (Lipinski definition) is 3. The number of ether oxygens (including phenoxy) is 1. The van der Waals surface area contributed by atoms with Crippen LogP contribution in [0.2, 0.25) is 0 Å². The average molecular weight is 420 g/mol. The predicted octanol–water partition coefficient (Wildman–Crippen LogP) is 4.10. The van der Waals surface area contributed by atoms with Crippen molar-refractivity contribution in [2.75, 3.05) is 13.2 Å². The van der Waals surface area contributed by atoms with Gasteiger partial charge in [0.2, 0.25) is 10.0 Å². The largest absolute Gasteiger partial charge is 0.492 e. The van der Waals surface area contributed by atoms with Crippen LogP contribution in [0.25, 0.3) is 10.8 Å². The molecule has 0 heterocycles. The molecule has 3 aromatic rings. The highest BCUT2D eigenvalue weighted by Gasteiger charge is 2.11. The molecule has 0 spiro atoms. The highest BCUT2D eigenvalue weighted by molar-refractivity contribution is 9.10. The molecule has 0 radical (unpaired) electrons. The van der Waals surface area contributed by atoms with E-state index in [1.807, 2.05) is 54.6 Å². The fraction of sp³-hybridized carbons (Fsp3) is 0.158. The summed E-state index contributed by atoms with van der Waals surface area (Å²) in [7, 11) is -3.38. The maximum atomic E-state index is 12.1. The highest BCUT2D eigenvalue weighted by Crippen LogP contribution is 2.20. The molecule has 130 valence electrons. The van der Waals surface area contributed by atoms with Crippen LogP contribution in [0.4, 0.5) is 0 Å². The van der Waals surface area contributed by atoms with Gasteiger partial charge in [0.1, 0.15) is 12.4 Å². The van der Waals surface area contributed by atoms with E-state index in [9.17, 15) is 8.42 Å². The lowest BCUT2D eigenvalue weighted by Gasteiger charge is -2.09. The molecule has 0 aliphatic rings. The van der Waals surface area contributed by atoms with Gasteiger partial charge in [-0.2, -0.15) is 0 Å². The van der Waals surface area contributed by atoms with Gasteiger partial charge in [-0.3, -0.25) is 0 Å².